The van der Waals surface area contributed by atoms with Crippen molar-refractivity contribution in [3.8, 4) is 16.9 Å². The van der Waals surface area contributed by atoms with Gasteiger partial charge in [0.1, 0.15) is 6.20 Å². The summed E-state index contributed by atoms with van der Waals surface area (Å²) in [5.41, 5.74) is 0.496. The summed E-state index contributed by atoms with van der Waals surface area (Å²) in [7, 11) is 0. The number of nitrogens with zero attached hydrogens (tertiary/aromatic N) is 2. The fourth-order valence-electron chi connectivity index (χ4n) is 1.70. The number of phenols is 1. The minimum absolute atomic E-state index is 0.0868. The Balaban J connectivity index is 2.69. The number of rotatable bonds is 2. The monoisotopic (exact) mass is 248 g/mol. The van der Waals surface area contributed by atoms with E-state index in [9.17, 15) is 19.6 Å². The van der Waals surface area contributed by atoms with E-state index < -0.39 is 16.5 Å². The fourth-order valence-corrected chi connectivity index (χ4v) is 1.70. The van der Waals surface area contributed by atoms with Gasteiger partial charge in [-0.1, -0.05) is 12.1 Å². The number of halogens is 1. The van der Waals surface area contributed by atoms with Crippen LogP contribution in [0.15, 0.2) is 30.6 Å². The highest BCUT2D eigenvalue weighted by Gasteiger charge is 2.18. The molecule has 0 unspecified atom stereocenters. The predicted octanol–water partition coefficient (Wildman–Crippen LogP) is 2.81. The van der Waals surface area contributed by atoms with Crippen LogP contribution in [0.1, 0.15) is 5.56 Å². The normalized spacial score (nSPS) is 10.3. The van der Waals surface area contributed by atoms with Gasteiger partial charge < -0.3 is 5.11 Å². The van der Waals surface area contributed by atoms with Gasteiger partial charge in [0, 0.05) is 22.9 Å². The molecule has 0 fully saturated rings. The standard InChI is InChI=1S/C12H9FN2O3/c1-7-9(5-14-6-10(7)15(17)18)8-3-2-4-11(16)12(8)13/h2-6,16H,1H3. The molecule has 0 aliphatic carbocycles. The van der Waals surface area contributed by atoms with Crippen LogP contribution in [-0.4, -0.2) is 15.0 Å². The molecule has 0 spiro atoms. The molecule has 2 rings (SSSR count). The molecule has 18 heavy (non-hydrogen) atoms. The highest BCUT2D eigenvalue weighted by Crippen LogP contribution is 2.33. The maximum atomic E-state index is 13.8. The molecule has 0 bridgehead atoms. The van der Waals surface area contributed by atoms with Crippen molar-refractivity contribution < 1.29 is 14.4 Å². The molecular weight excluding hydrogens is 239 g/mol. The Bertz CT molecular complexity index is 629. The average Bonchev–Trinajstić information content (AvgIpc) is 2.33. The molecule has 0 aliphatic heterocycles. The Morgan fingerprint density at radius 3 is 2.72 bits per heavy atom. The van der Waals surface area contributed by atoms with E-state index in [0.29, 0.717) is 5.56 Å². The lowest BCUT2D eigenvalue weighted by Crippen LogP contribution is -1.96. The van der Waals surface area contributed by atoms with Crippen molar-refractivity contribution in [1.29, 1.82) is 0 Å². The number of aromatic nitrogens is 1. The number of pyridine rings is 1. The number of benzene rings is 1. The lowest BCUT2D eigenvalue weighted by molar-refractivity contribution is -0.385. The van der Waals surface area contributed by atoms with Crippen LogP contribution in [-0.2, 0) is 0 Å². The van der Waals surface area contributed by atoms with Crippen molar-refractivity contribution in [2.45, 2.75) is 6.92 Å². The molecule has 0 radical (unpaired) electrons. The van der Waals surface area contributed by atoms with Gasteiger partial charge in [-0.2, -0.15) is 0 Å². The Labute approximate surface area is 102 Å². The van der Waals surface area contributed by atoms with E-state index in [1.165, 1.54) is 31.3 Å². The molecule has 1 aromatic heterocycles. The van der Waals surface area contributed by atoms with Crippen LogP contribution in [0.4, 0.5) is 10.1 Å². The first-order valence-corrected chi connectivity index (χ1v) is 5.09. The van der Waals surface area contributed by atoms with Crippen molar-refractivity contribution in [3.05, 3.63) is 52.1 Å². The van der Waals surface area contributed by atoms with Gasteiger partial charge in [0.25, 0.3) is 5.69 Å². The van der Waals surface area contributed by atoms with Crippen LogP contribution in [0.3, 0.4) is 0 Å². The number of hydrogen-bond donors (Lipinski definition) is 1. The Kier molecular flexibility index (Phi) is 2.93. The van der Waals surface area contributed by atoms with E-state index in [-0.39, 0.29) is 16.8 Å². The number of nitro groups is 1. The summed E-state index contributed by atoms with van der Waals surface area (Å²) in [5.74, 6) is -1.32. The third-order valence-corrected chi connectivity index (χ3v) is 2.65. The van der Waals surface area contributed by atoms with Crippen molar-refractivity contribution in [2.75, 3.05) is 0 Å². The predicted molar refractivity (Wildman–Crippen MR) is 62.7 cm³/mol. The SMILES string of the molecule is Cc1c(-c2cccc(O)c2F)cncc1[N+](=O)[O-]. The Morgan fingerprint density at radius 2 is 2.06 bits per heavy atom. The molecule has 1 heterocycles. The van der Waals surface area contributed by atoms with Gasteiger partial charge in [0.15, 0.2) is 11.6 Å². The van der Waals surface area contributed by atoms with Crippen molar-refractivity contribution >= 4 is 5.69 Å². The minimum atomic E-state index is -0.817. The van der Waals surface area contributed by atoms with E-state index in [1.807, 2.05) is 0 Å². The molecule has 0 saturated carbocycles. The van der Waals surface area contributed by atoms with Crippen molar-refractivity contribution in [1.82, 2.24) is 4.98 Å². The first-order chi connectivity index (χ1) is 8.52. The van der Waals surface area contributed by atoms with Crippen LogP contribution in [0.25, 0.3) is 11.1 Å². The minimum Gasteiger partial charge on any atom is -0.505 e. The molecule has 0 saturated heterocycles. The molecule has 0 atom stereocenters. The topological polar surface area (TPSA) is 76.3 Å². The summed E-state index contributed by atoms with van der Waals surface area (Å²) in [4.78, 5) is 13.9. The van der Waals surface area contributed by atoms with Gasteiger partial charge in [-0.15, -0.1) is 0 Å². The van der Waals surface area contributed by atoms with E-state index in [1.54, 1.807) is 0 Å². The largest absolute Gasteiger partial charge is 0.505 e. The summed E-state index contributed by atoms with van der Waals surface area (Å²) < 4.78 is 13.8. The Morgan fingerprint density at radius 1 is 1.33 bits per heavy atom. The highest BCUT2D eigenvalue weighted by molar-refractivity contribution is 5.71. The van der Waals surface area contributed by atoms with Gasteiger partial charge in [0.2, 0.25) is 0 Å². The fraction of sp³-hybridized carbons (Fsp3) is 0.0833. The van der Waals surface area contributed by atoms with E-state index in [0.717, 1.165) is 6.20 Å². The average molecular weight is 248 g/mol. The van der Waals surface area contributed by atoms with Gasteiger partial charge in [-0.3, -0.25) is 15.1 Å². The van der Waals surface area contributed by atoms with Crippen molar-refractivity contribution in [3.63, 3.8) is 0 Å². The maximum Gasteiger partial charge on any atom is 0.291 e. The third-order valence-electron chi connectivity index (χ3n) is 2.65. The van der Waals surface area contributed by atoms with Crippen LogP contribution in [0, 0.1) is 22.9 Å². The lowest BCUT2D eigenvalue weighted by atomic mass is 10.0. The highest BCUT2D eigenvalue weighted by atomic mass is 19.1. The zero-order valence-electron chi connectivity index (χ0n) is 9.42. The lowest BCUT2D eigenvalue weighted by Gasteiger charge is -2.07. The summed E-state index contributed by atoms with van der Waals surface area (Å²) in [6.45, 7) is 1.51. The quantitative estimate of drug-likeness (QED) is 0.654. The number of hydrogen-bond acceptors (Lipinski definition) is 4. The van der Waals surface area contributed by atoms with Crippen molar-refractivity contribution in [2.24, 2.45) is 0 Å². The van der Waals surface area contributed by atoms with E-state index in [4.69, 9.17) is 0 Å². The Hall–Kier alpha value is -2.50. The summed E-state index contributed by atoms with van der Waals surface area (Å²) >= 11 is 0. The van der Waals surface area contributed by atoms with Gasteiger partial charge in [0.05, 0.1) is 4.92 Å². The summed E-state index contributed by atoms with van der Waals surface area (Å²) in [6.07, 6.45) is 2.44. The second kappa shape index (κ2) is 4.40. The van der Waals surface area contributed by atoms with Crippen LogP contribution in [0.2, 0.25) is 0 Å². The van der Waals surface area contributed by atoms with E-state index >= 15 is 0 Å². The zero-order valence-corrected chi connectivity index (χ0v) is 9.42. The van der Waals surface area contributed by atoms with Gasteiger partial charge in [-0.25, -0.2) is 4.39 Å². The summed E-state index contributed by atoms with van der Waals surface area (Å²) in [5, 5.41) is 20.1. The van der Waals surface area contributed by atoms with Gasteiger partial charge >= 0.3 is 0 Å². The van der Waals surface area contributed by atoms with E-state index in [2.05, 4.69) is 4.98 Å². The molecule has 1 aromatic carbocycles. The molecule has 1 N–H and O–H groups in total. The van der Waals surface area contributed by atoms with Crippen LogP contribution >= 0.6 is 0 Å². The molecular formula is C12H9FN2O3. The second-order valence-electron chi connectivity index (χ2n) is 3.73. The third kappa shape index (κ3) is 1.88. The second-order valence-corrected chi connectivity index (χ2v) is 3.73. The molecule has 0 amide bonds. The number of phenolic OH excluding ortho intramolecular Hbond substituents is 1. The molecule has 6 heteroatoms. The van der Waals surface area contributed by atoms with Crippen LogP contribution < -0.4 is 0 Å². The first kappa shape index (κ1) is 12.0. The smallest absolute Gasteiger partial charge is 0.291 e. The summed E-state index contributed by atoms with van der Waals surface area (Å²) in [6, 6.07) is 4.10. The molecule has 92 valence electrons. The zero-order chi connectivity index (χ0) is 13.3. The molecule has 5 nitrogen and oxygen atoms in total. The first-order valence-electron chi connectivity index (χ1n) is 5.09. The van der Waals surface area contributed by atoms with Crippen LogP contribution in [0.5, 0.6) is 5.75 Å². The molecule has 2 aromatic rings. The maximum absolute atomic E-state index is 13.8. The number of aromatic hydroxyl groups is 1. The van der Waals surface area contributed by atoms with Gasteiger partial charge in [-0.05, 0) is 13.0 Å². The molecule has 0 aliphatic rings.